The van der Waals surface area contributed by atoms with E-state index in [-0.39, 0.29) is 11.3 Å². The molecule has 1 heterocycles. The number of carbonyl (C=O) groups excluding carboxylic acids is 3. The third-order valence-electron chi connectivity index (χ3n) is 4.45. The SMILES string of the molecule is CCCCOC(=O)c1ccccc1NC(=O)C(=O)N1CCc2ccccc21. The summed E-state index contributed by atoms with van der Waals surface area (Å²) in [7, 11) is 0. The molecule has 1 aliphatic rings. The Bertz CT molecular complexity index is 863. The van der Waals surface area contributed by atoms with E-state index in [9.17, 15) is 14.4 Å². The zero-order valence-electron chi connectivity index (χ0n) is 15.2. The molecule has 0 bridgehead atoms. The van der Waals surface area contributed by atoms with Gasteiger partial charge in [0, 0.05) is 12.2 Å². The number of nitrogens with one attached hydrogen (secondary N) is 1. The maximum absolute atomic E-state index is 12.6. The Labute approximate surface area is 158 Å². The zero-order valence-corrected chi connectivity index (χ0v) is 15.2. The molecule has 0 aliphatic carbocycles. The van der Waals surface area contributed by atoms with Gasteiger partial charge in [0.15, 0.2) is 0 Å². The Kier molecular flexibility index (Phi) is 5.86. The minimum Gasteiger partial charge on any atom is -0.462 e. The average Bonchev–Trinajstić information content (AvgIpc) is 3.12. The number of esters is 1. The van der Waals surface area contributed by atoms with E-state index in [0.29, 0.717) is 13.2 Å². The van der Waals surface area contributed by atoms with Crippen molar-refractivity contribution in [2.24, 2.45) is 0 Å². The number of nitrogens with zero attached hydrogens (tertiary/aromatic N) is 1. The average molecular weight is 366 g/mol. The number of hydrogen-bond acceptors (Lipinski definition) is 4. The molecule has 0 radical (unpaired) electrons. The molecule has 0 saturated heterocycles. The molecule has 1 aliphatic heterocycles. The quantitative estimate of drug-likeness (QED) is 0.501. The van der Waals surface area contributed by atoms with E-state index < -0.39 is 17.8 Å². The number of hydrogen-bond donors (Lipinski definition) is 1. The molecular formula is C21H22N2O4. The number of carbonyl (C=O) groups is 3. The number of fused-ring (bicyclic) bond motifs is 1. The third kappa shape index (κ3) is 4.16. The van der Waals surface area contributed by atoms with Gasteiger partial charge in [-0.2, -0.15) is 0 Å². The summed E-state index contributed by atoms with van der Waals surface area (Å²) in [5.74, 6) is -1.94. The molecule has 0 unspecified atom stereocenters. The maximum Gasteiger partial charge on any atom is 0.340 e. The lowest BCUT2D eigenvalue weighted by Crippen LogP contribution is -2.39. The first-order valence-corrected chi connectivity index (χ1v) is 9.08. The maximum atomic E-state index is 12.6. The lowest BCUT2D eigenvalue weighted by Gasteiger charge is -2.17. The molecule has 6 nitrogen and oxygen atoms in total. The van der Waals surface area contributed by atoms with Gasteiger partial charge in [0.05, 0.1) is 17.9 Å². The molecule has 0 spiro atoms. The van der Waals surface area contributed by atoms with Crippen LogP contribution in [0.25, 0.3) is 0 Å². The molecule has 27 heavy (non-hydrogen) atoms. The van der Waals surface area contributed by atoms with Crippen molar-refractivity contribution in [3.05, 3.63) is 59.7 Å². The smallest absolute Gasteiger partial charge is 0.340 e. The molecular weight excluding hydrogens is 344 g/mol. The van der Waals surface area contributed by atoms with Gasteiger partial charge >= 0.3 is 17.8 Å². The summed E-state index contributed by atoms with van der Waals surface area (Å²) in [6.07, 6.45) is 2.40. The summed E-state index contributed by atoms with van der Waals surface area (Å²) < 4.78 is 5.21. The standard InChI is InChI=1S/C21H22N2O4/c1-2-3-14-27-21(26)16-9-5-6-10-17(16)22-19(24)20(25)23-13-12-15-8-4-7-11-18(15)23/h4-11H,2-3,12-14H2,1H3,(H,22,24). The van der Waals surface area contributed by atoms with E-state index >= 15 is 0 Å². The minimum atomic E-state index is -0.777. The Hall–Kier alpha value is -3.15. The van der Waals surface area contributed by atoms with Crippen LogP contribution in [0.15, 0.2) is 48.5 Å². The van der Waals surface area contributed by atoms with Crippen molar-refractivity contribution < 1.29 is 19.1 Å². The topological polar surface area (TPSA) is 75.7 Å². The first kappa shape index (κ1) is 18.6. The Morgan fingerprint density at radius 3 is 2.63 bits per heavy atom. The predicted molar refractivity (Wildman–Crippen MR) is 103 cm³/mol. The molecule has 0 atom stereocenters. The van der Waals surface area contributed by atoms with Gasteiger partial charge < -0.3 is 15.0 Å². The largest absolute Gasteiger partial charge is 0.462 e. The monoisotopic (exact) mass is 366 g/mol. The van der Waals surface area contributed by atoms with Crippen molar-refractivity contribution in [1.29, 1.82) is 0 Å². The van der Waals surface area contributed by atoms with Crippen molar-refractivity contribution >= 4 is 29.2 Å². The minimum absolute atomic E-state index is 0.233. The number of unbranched alkanes of at least 4 members (excludes halogenated alkanes) is 1. The van der Waals surface area contributed by atoms with Crippen LogP contribution >= 0.6 is 0 Å². The number of para-hydroxylation sites is 2. The molecule has 0 fully saturated rings. The fourth-order valence-electron chi connectivity index (χ4n) is 3.00. The summed E-state index contributed by atoms with van der Waals surface area (Å²) in [5.41, 5.74) is 2.30. The van der Waals surface area contributed by atoms with Crippen LogP contribution in [0.4, 0.5) is 11.4 Å². The van der Waals surface area contributed by atoms with E-state index in [1.807, 2.05) is 31.2 Å². The fourth-order valence-corrected chi connectivity index (χ4v) is 3.00. The highest BCUT2D eigenvalue weighted by Crippen LogP contribution is 2.27. The van der Waals surface area contributed by atoms with Crippen LogP contribution in [0.2, 0.25) is 0 Å². The van der Waals surface area contributed by atoms with Crippen LogP contribution in [0.3, 0.4) is 0 Å². The molecule has 0 saturated carbocycles. The second kappa shape index (κ2) is 8.49. The summed E-state index contributed by atoms with van der Waals surface area (Å²) in [5, 5.41) is 2.56. The normalized spacial score (nSPS) is 12.4. The van der Waals surface area contributed by atoms with E-state index in [4.69, 9.17) is 4.74 Å². The van der Waals surface area contributed by atoms with Gasteiger partial charge in [0.25, 0.3) is 0 Å². The lowest BCUT2D eigenvalue weighted by atomic mass is 10.1. The Morgan fingerprint density at radius 2 is 1.81 bits per heavy atom. The van der Waals surface area contributed by atoms with E-state index in [2.05, 4.69) is 5.32 Å². The van der Waals surface area contributed by atoms with Gasteiger partial charge in [0.2, 0.25) is 0 Å². The first-order valence-electron chi connectivity index (χ1n) is 9.08. The molecule has 0 aromatic heterocycles. The highest BCUT2D eigenvalue weighted by atomic mass is 16.5. The van der Waals surface area contributed by atoms with Crippen molar-refractivity contribution in [2.75, 3.05) is 23.4 Å². The van der Waals surface area contributed by atoms with Crippen molar-refractivity contribution in [2.45, 2.75) is 26.2 Å². The molecule has 3 rings (SSSR count). The van der Waals surface area contributed by atoms with Gasteiger partial charge in [-0.25, -0.2) is 4.79 Å². The highest BCUT2D eigenvalue weighted by Gasteiger charge is 2.29. The van der Waals surface area contributed by atoms with Gasteiger partial charge in [0.1, 0.15) is 0 Å². The zero-order chi connectivity index (χ0) is 19.2. The number of amides is 2. The number of rotatable bonds is 5. The van der Waals surface area contributed by atoms with Crippen LogP contribution in [-0.4, -0.2) is 30.9 Å². The third-order valence-corrected chi connectivity index (χ3v) is 4.45. The molecule has 1 N–H and O–H groups in total. The van der Waals surface area contributed by atoms with Gasteiger partial charge in [-0.1, -0.05) is 43.7 Å². The van der Waals surface area contributed by atoms with Gasteiger partial charge in [-0.15, -0.1) is 0 Å². The van der Waals surface area contributed by atoms with E-state index in [1.54, 1.807) is 24.3 Å². The Morgan fingerprint density at radius 1 is 1.07 bits per heavy atom. The highest BCUT2D eigenvalue weighted by molar-refractivity contribution is 6.44. The lowest BCUT2D eigenvalue weighted by molar-refractivity contribution is -0.134. The molecule has 140 valence electrons. The fraction of sp³-hybridized carbons (Fsp3) is 0.286. The van der Waals surface area contributed by atoms with Crippen LogP contribution in [-0.2, 0) is 20.7 Å². The number of benzene rings is 2. The molecule has 2 amide bonds. The Balaban J connectivity index is 1.71. The van der Waals surface area contributed by atoms with Crippen molar-refractivity contribution in [3.8, 4) is 0 Å². The summed E-state index contributed by atoms with van der Waals surface area (Å²) in [4.78, 5) is 38.8. The summed E-state index contributed by atoms with van der Waals surface area (Å²) in [6.45, 7) is 2.79. The predicted octanol–water partition coefficient (Wildman–Crippen LogP) is 3.17. The van der Waals surface area contributed by atoms with E-state index in [0.717, 1.165) is 30.5 Å². The van der Waals surface area contributed by atoms with E-state index in [1.165, 1.54) is 4.90 Å². The molecule has 2 aromatic carbocycles. The second-order valence-electron chi connectivity index (χ2n) is 6.32. The van der Waals surface area contributed by atoms with Gasteiger partial charge in [-0.05, 0) is 36.6 Å². The van der Waals surface area contributed by atoms with Crippen molar-refractivity contribution in [3.63, 3.8) is 0 Å². The summed E-state index contributed by atoms with van der Waals surface area (Å²) >= 11 is 0. The first-order chi connectivity index (χ1) is 13.1. The van der Waals surface area contributed by atoms with Crippen LogP contribution in [0.5, 0.6) is 0 Å². The van der Waals surface area contributed by atoms with Crippen LogP contribution < -0.4 is 10.2 Å². The molecule has 6 heteroatoms. The second-order valence-corrected chi connectivity index (χ2v) is 6.32. The summed E-state index contributed by atoms with van der Waals surface area (Å²) in [6, 6.07) is 14.0. The van der Waals surface area contributed by atoms with Crippen LogP contribution in [0.1, 0.15) is 35.7 Å². The van der Waals surface area contributed by atoms with Crippen LogP contribution in [0, 0.1) is 0 Å². The number of ether oxygens (including phenoxy) is 1. The van der Waals surface area contributed by atoms with Gasteiger partial charge in [-0.3, -0.25) is 9.59 Å². The van der Waals surface area contributed by atoms with Crippen molar-refractivity contribution in [1.82, 2.24) is 0 Å². The molecule has 2 aromatic rings. The number of anilines is 2.